The van der Waals surface area contributed by atoms with Crippen LogP contribution in [0.15, 0.2) is 23.0 Å². The number of nitrogens with zero attached hydrogens (tertiary/aromatic N) is 5. The van der Waals surface area contributed by atoms with Crippen molar-refractivity contribution in [1.29, 1.82) is 0 Å². The molecular formula is C22H28N6O2. The molecule has 2 fully saturated rings. The Labute approximate surface area is 175 Å². The molecule has 2 atom stereocenters. The van der Waals surface area contributed by atoms with Crippen LogP contribution >= 0.6 is 0 Å². The van der Waals surface area contributed by atoms with Crippen molar-refractivity contribution in [3.8, 4) is 0 Å². The summed E-state index contributed by atoms with van der Waals surface area (Å²) in [5.74, 6) is 0.724. The van der Waals surface area contributed by atoms with Crippen LogP contribution in [-0.4, -0.2) is 55.9 Å². The zero-order chi connectivity index (χ0) is 20.7. The summed E-state index contributed by atoms with van der Waals surface area (Å²) < 4.78 is 7.64. The monoisotopic (exact) mass is 408 g/mol. The SMILES string of the molecule is Cc1cc(C)c2[nH]c(=O)c([C@H](c3nnnn3C[C@@H]3CCCO3)N3CCCC3)cc2c1. The van der Waals surface area contributed by atoms with Gasteiger partial charge in [0.2, 0.25) is 0 Å². The van der Waals surface area contributed by atoms with Gasteiger partial charge in [-0.05, 0) is 86.1 Å². The van der Waals surface area contributed by atoms with Crippen LogP contribution in [0.5, 0.6) is 0 Å². The summed E-state index contributed by atoms with van der Waals surface area (Å²) in [5.41, 5.74) is 3.79. The molecule has 2 saturated heterocycles. The predicted octanol–water partition coefficient (Wildman–Crippen LogP) is 2.50. The predicted molar refractivity (Wildman–Crippen MR) is 113 cm³/mol. The first-order chi connectivity index (χ1) is 14.6. The molecule has 30 heavy (non-hydrogen) atoms. The molecular weight excluding hydrogens is 380 g/mol. The van der Waals surface area contributed by atoms with Gasteiger partial charge >= 0.3 is 0 Å². The highest BCUT2D eigenvalue weighted by Gasteiger charge is 2.33. The van der Waals surface area contributed by atoms with E-state index in [0.29, 0.717) is 12.1 Å². The van der Waals surface area contributed by atoms with Gasteiger partial charge in [0, 0.05) is 12.2 Å². The van der Waals surface area contributed by atoms with Gasteiger partial charge in [-0.3, -0.25) is 9.69 Å². The van der Waals surface area contributed by atoms with Gasteiger partial charge in [-0.15, -0.1) is 5.10 Å². The van der Waals surface area contributed by atoms with E-state index >= 15 is 0 Å². The van der Waals surface area contributed by atoms with Crippen molar-refractivity contribution in [3.05, 3.63) is 51.1 Å². The fourth-order valence-corrected chi connectivity index (χ4v) is 4.92. The van der Waals surface area contributed by atoms with Crippen LogP contribution in [-0.2, 0) is 11.3 Å². The van der Waals surface area contributed by atoms with Gasteiger partial charge in [0.15, 0.2) is 5.82 Å². The Kier molecular flexibility index (Phi) is 5.12. The van der Waals surface area contributed by atoms with Crippen molar-refractivity contribution in [3.63, 3.8) is 0 Å². The Morgan fingerprint density at radius 3 is 2.80 bits per heavy atom. The highest BCUT2D eigenvalue weighted by Crippen LogP contribution is 2.30. The van der Waals surface area contributed by atoms with Crippen molar-refractivity contribution in [2.45, 2.75) is 58.2 Å². The number of aryl methyl sites for hydroxylation is 2. The van der Waals surface area contributed by atoms with Gasteiger partial charge in [0.25, 0.3) is 5.56 Å². The number of tetrazole rings is 1. The molecule has 0 radical (unpaired) electrons. The number of pyridine rings is 1. The summed E-state index contributed by atoms with van der Waals surface area (Å²) in [7, 11) is 0. The molecule has 0 bridgehead atoms. The fraction of sp³-hybridized carbons (Fsp3) is 0.545. The standard InChI is InChI=1S/C22H28N6O2/c1-14-10-15(2)19-16(11-14)12-18(22(29)23-19)20(27-7-3-4-8-27)21-24-25-26-28(21)13-17-6-5-9-30-17/h10-12,17,20H,3-9,13H2,1-2H3,(H,23,29)/t17-,20+/m0/s1. The number of hydrogen-bond acceptors (Lipinski definition) is 6. The molecule has 5 rings (SSSR count). The van der Waals surface area contributed by atoms with Crippen LogP contribution in [0.3, 0.4) is 0 Å². The van der Waals surface area contributed by atoms with Crippen LogP contribution in [0.25, 0.3) is 10.9 Å². The summed E-state index contributed by atoms with van der Waals surface area (Å²) in [6.45, 7) is 7.39. The van der Waals surface area contributed by atoms with Crippen molar-refractivity contribution >= 4 is 10.9 Å². The van der Waals surface area contributed by atoms with Crippen LogP contribution in [0, 0.1) is 13.8 Å². The average molecular weight is 409 g/mol. The van der Waals surface area contributed by atoms with Crippen LogP contribution < -0.4 is 5.56 Å². The molecule has 0 aliphatic carbocycles. The molecule has 8 nitrogen and oxygen atoms in total. The lowest BCUT2D eigenvalue weighted by Crippen LogP contribution is -2.34. The summed E-state index contributed by atoms with van der Waals surface area (Å²) in [6.07, 6.45) is 4.46. The first-order valence-corrected chi connectivity index (χ1v) is 10.9. The maximum absolute atomic E-state index is 13.2. The van der Waals surface area contributed by atoms with Gasteiger partial charge in [-0.25, -0.2) is 4.68 Å². The van der Waals surface area contributed by atoms with E-state index in [0.717, 1.165) is 67.7 Å². The van der Waals surface area contributed by atoms with Crippen LogP contribution in [0.1, 0.15) is 54.2 Å². The molecule has 0 saturated carbocycles. The molecule has 4 heterocycles. The Balaban J connectivity index is 1.62. The quantitative estimate of drug-likeness (QED) is 0.698. The van der Waals surface area contributed by atoms with E-state index in [4.69, 9.17) is 4.74 Å². The number of aromatic amines is 1. The molecule has 158 valence electrons. The molecule has 2 aliphatic rings. The van der Waals surface area contributed by atoms with Crippen molar-refractivity contribution in [1.82, 2.24) is 30.1 Å². The van der Waals surface area contributed by atoms with E-state index in [2.05, 4.69) is 44.5 Å². The summed E-state index contributed by atoms with van der Waals surface area (Å²) >= 11 is 0. The number of benzene rings is 1. The highest BCUT2D eigenvalue weighted by molar-refractivity contribution is 5.83. The Morgan fingerprint density at radius 2 is 2.03 bits per heavy atom. The zero-order valence-corrected chi connectivity index (χ0v) is 17.6. The molecule has 8 heteroatoms. The maximum Gasteiger partial charge on any atom is 0.253 e. The average Bonchev–Trinajstić information content (AvgIpc) is 3.48. The lowest BCUT2D eigenvalue weighted by Gasteiger charge is -2.27. The Morgan fingerprint density at radius 1 is 1.20 bits per heavy atom. The lowest BCUT2D eigenvalue weighted by atomic mass is 10.0. The minimum Gasteiger partial charge on any atom is -0.376 e. The van der Waals surface area contributed by atoms with Gasteiger partial charge in [0.1, 0.15) is 6.04 Å². The fourth-order valence-electron chi connectivity index (χ4n) is 4.92. The van der Waals surface area contributed by atoms with Gasteiger partial charge in [-0.1, -0.05) is 11.6 Å². The van der Waals surface area contributed by atoms with Gasteiger partial charge in [0.05, 0.1) is 18.2 Å². The first kappa shape index (κ1) is 19.4. The first-order valence-electron chi connectivity index (χ1n) is 10.9. The molecule has 0 unspecified atom stereocenters. The van der Waals surface area contributed by atoms with Crippen molar-refractivity contribution in [2.75, 3.05) is 19.7 Å². The van der Waals surface area contributed by atoms with Gasteiger partial charge in [-0.2, -0.15) is 0 Å². The number of H-pyrrole nitrogens is 1. The van der Waals surface area contributed by atoms with E-state index in [1.807, 2.05) is 17.7 Å². The molecule has 2 aromatic heterocycles. The molecule has 2 aliphatic heterocycles. The lowest BCUT2D eigenvalue weighted by molar-refractivity contribution is 0.0912. The second kappa shape index (κ2) is 7.92. The van der Waals surface area contributed by atoms with E-state index in [-0.39, 0.29) is 17.7 Å². The van der Waals surface area contributed by atoms with Crippen molar-refractivity contribution < 1.29 is 4.74 Å². The van der Waals surface area contributed by atoms with Crippen LogP contribution in [0.4, 0.5) is 0 Å². The highest BCUT2D eigenvalue weighted by atomic mass is 16.5. The second-order valence-electron chi connectivity index (χ2n) is 8.60. The minimum atomic E-state index is -0.266. The number of ether oxygens (including phenoxy) is 1. The second-order valence-corrected chi connectivity index (χ2v) is 8.60. The number of rotatable bonds is 5. The number of likely N-dealkylation sites (tertiary alicyclic amines) is 1. The number of hydrogen-bond donors (Lipinski definition) is 1. The molecule has 0 amide bonds. The van der Waals surface area contributed by atoms with E-state index in [1.54, 1.807) is 0 Å². The smallest absolute Gasteiger partial charge is 0.253 e. The normalized spacial score (nSPS) is 20.9. The number of aromatic nitrogens is 5. The molecule has 1 aromatic carbocycles. The third-order valence-corrected chi connectivity index (χ3v) is 6.33. The van der Waals surface area contributed by atoms with E-state index < -0.39 is 0 Å². The third-order valence-electron chi connectivity index (χ3n) is 6.33. The molecule has 3 aromatic rings. The number of fused-ring (bicyclic) bond motifs is 1. The summed E-state index contributed by atoms with van der Waals surface area (Å²) in [6, 6.07) is 5.98. The third kappa shape index (κ3) is 3.54. The summed E-state index contributed by atoms with van der Waals surface area (Å²) in [4.78, 5) is 18.7. The minimum absolute atomic E-state index is 0.0713. The van der Waals surface area contributed by atoms with E-state index in [1.165, 1.54) is 5.56 Å². The molecule has 0 spiro atoms. The van der Waals surface area contributed by atoms with Crippen molar-refractivity contribution in [2.24, 2.45) is 0 Å². The Hall–Kier alpha value is -2.58. The Bertz CT molecular complexity index is 1110. The summed E-state index contributed by atoms with van der Waals surface area (Å²) in [5, 5.41) is 13.7. The number of nitrogens with one attached hydrogen (secondary N) is 1. The van der Waals surface area contributed by atoms with Crippen LogP contribution in [0.2, 0.25) is 0 Å². The largest absolute Gasteiger partial charge is 0.376 e. The van der Waals surface area contributed by atoms with Gasteiger partial charge < -0.3 is 9.72 Å². The van der Waals surface area contributed by atoms with E-state index in [9.17, 15) is 4.79 Å². The molecule has 1 N–H and O–H groups in total. The topological polar surface area (TPSA) is 88.9 Å². The maximum atomic E-state index is 13.2. The zero-order valence-electron chi connectivity index (χ0n) is 17.6.